The molecule has 5 rings (SSSR count). The Balaban J connectivity index is 1.31. The zero-order chi connectivity index (χ0) is 20.8. The van der Waals surface area contributed by atoms with Gasteiger partial charge >= 0.3 is 0 Å². The molecule has 0 aromatic heterocycles. The van der Waals surface area contributed by atoms with E-state index in [2.05, 4.69) is 0 Å². The smallest absolute Gasteiger partial charge is 0.260 e. The van der Waals surface area contributed by atoms with Crippen LogP contribution in [-0.2, 0) is 26.1 Å². The number of ether oxygens (including phenoxy) is 2. The molecule has 8 heteroatoms. The summed E-state index contributed by atoms with van der Waals surface area (Å²) >= 11 is 0. The van der Waals surface area contributed by atoms with Crippen LogP contribution in [0.5, 0.6) is 5.75 Å². The molecule has 1 amide bonds. The first-order valence-electron chi connectivity index (χ1n) is 10.1. The van der Waals surface area contributed by atoms with Gasteiger partial charge in [-0.3, -0.25) is 4.79 Å². The Hall–Kier alpha value is -2.42. The van der Waals surface area contributed by atoms with Crippen LogP contribution in [0.1, 0.15) is 12.0 Å². The molecule has 158 valence electrons. The molecule has 3 heterocycles. The van der Waals surface area contributed by atoms with E-state index in [1.54, 1.807) is 17.0 Å². The Kier molecular flexibility index (Phi) is 4.80. The molecule has 0 N–H and O–H groups in total. The number of carbonyl (C=O) groups excluding carboxylic acids is 1. The van der Waals surface area contributed by atoms with Crippen molar-refractivity contribution in [3.05, 3.63) is 66.2 Å². The summed E-state index contributed by atoms with van der Waals surface area (Å²) in [6.07, 6.45) is 0.176. The van der Waals surface area contributed by atoms with Gasteiger partial charge in [0.05, 0.1) is 12.6 Å². The van der Waals surface area contributed by atoms with E-state index >= 15 is 0 Å². The Morgan fingerprint density at radius 1 is 1.07 bits per heavy atom. The number of carbonyl (C=O) groups is 1. The van der Waals surface area contributed by atoms with Gasteiger partial charge in [0.2, 0.25) is 10.0 Å². The number of benzene rings is 2. The maximum Gasteiger partial charge on any atom is 0.260 e. The van der Waals surface area contributed by atoms with Crippen LogP contribution in [0.3, 0.4) is 0 Å². The van der Waals surface area contributed by atoms with E-state index in [9.17, 15) is 13.2 Å². The number of hydrogen-bond donors (Lipinski definition) is 0. The number of amides is 1. The first-order valence-corrected chi connectivity index (χ1v) is 11.6. The van der Waals surface area contributed by atoms with Crippen LogP contribution in [0.15, 0.2) is 60.7 Å². The molecule has 2 bridgehead atoms. The van der Waals surface area contributed by atoms with Gasteiger partial charge in [-0.1, -0.05) is 48.5 Å². The topological polar surface area (TPSA) is 76.2 Å². The number of morpholine rings is 1. The lowest BCUT2D eigenvalue weighted by atomic mass is 9.99. The van der Waals surface area contributed by atoms with Gasteiger partial charge in [-0.2, -0.15) is 4.31 Å². The second-order valence-corrected chi connectivity index (χ2v) is 10.3. The summed E-state index contributed by atoms with van der Waals surface area (Å²) in [6.45, 7) is 1.20. The number of fused-ring (bicyclic) bond motifs is 1. The molecule has 0 aliphatic carbocycles. The molecule has 0 saturated carbocycles. The highest BCUT2D eigenvalue weighted by Gasteiger charge is 2.65. The zero-order valence-electron chi connectivity index (χ0n) is 16.5. The van der Waals surface area contributed by atoms with Crippen LogP contribution in [0.4, 0.5) is 0 Å². The minimum absolute atomic E-state index is 0.0715. The summed E-state index contributed by atoms with van der Waals surface area (Å²) in [5, 5.41) is -0.605. The summed E-state index contributed by atoms with van der Waals surface area (Å²) in [6, 6.07) is 18.7. The third kappa shape index (κ3) is 3.38. The lowest BCUT2D eigenvalue weighted by molar-refractivity contribution is -0.152. The zero-order valence-corrected chi connectivity index (χ0v) is 17.3. The fourth-order valence-corrected chi connectivity index (χ4v) is 7.11. The number of hydrogen-bond acceptors (Lipinski definition) is 5. The molecule has 2 aromatic rings. The molecular weight excluding hydrogens is 404 g/mol. The van der Waals surface area contributed by atoms with Gasteiger partial charge in [0, 0.05) is 19.6 Å². The van der Waals surface area contributed by atoms with Crippen molar-refractivity contribution in [3.8, 4) is 5.75 Å². The van der Waals surface area contributed by atoms with Crippen molar-refractivity contribution >= 4 is 15.9 Å². The SMILES string of the molecule is O=C(COc1ccccc1)N1C[C@H]2C[C@H]3[C@](C1)(CN(Cc1ccccc1)S3(=O)=O)O2. The number of nitrogens with zero attached hydrogens (tertiary/aromatic N) is 2. The van der Waals surface area contributed by atoms with Gasteiger partial charge < -0.3 is 14.4 Å². The summed E-state index contributed by atoms with van der Waals surface area (Å²) < 4.78 is 39.8. The molecule has 0 radical (unpaired) electrons. The Bertz CT molecular complexity index is 1030. The van der Waals surface area contributed by atoms with E-state index < -0.39 is 20.9 Å². The highest BCUT2D eigenvalue weighted by Crippen LogP contribution is 2.46. The quantitative estimate of drug-likeness (QED) is 0.724. The molecule has 0 unspecified atom stereocenters. The number of likely N-dealkylation sites (tertiary alicyclic amines) is 1. The van der Waals surface area contributed by atoms with Gasteiger partial charge in [-0.25, -0.2) is 8.42 Å². The Morgan fingerprint density at radius 2 is 1.77 bits per heavy atom. The minimum atomic E-state index is -3.49. The van der Waals surface area contributed by atoms with Crippen molar-refractivity contribution in [2.45, 2.75) is 29.9 Å². The summed E-state index contributed by atoms with van der Waals surface area (Å²) in [4.78, 5) is 14.5. The first kappa shape index (κ1) is 19.5. The highest BCUT2D eigenvalue weighted by molar-refractivity contribution is 7.90. The van der Waals surface area contributed by atoms with Crippen LogP contribution in [0.2, 0.25) is 0 Å². The molecule has 1 spiro atoms. The number of rotatable bonds is 5. The first-order chi connectivity index (χ1) is 14.5. The maximum absolute atomic E-state index is 13.2. The monoisotopic (exact) mass is 428 g/mol. The fraction of sp³-hybridized carbons (Fsp3) is 0.409. The minimum Gasteiger partial charge on any atom is -0.484 e. The van der Waals surface area contributed by atoms with Crippen molar-refractivity contribution < 1.29 is 22.7 Å². The van der Waals surface area contributed by atoms with Crippen molar-refractivity contribution in [1.29, 1.82) is 0 Å². The van der Waals surface area contributed by atoms with Crippen molar-refractivity contribution in [2.75, 3.05) is 26.2 Å². The summed E-state index contributed by atoms with van der Waals surface area (Å²) in [5.41, 5.74) is 0.0767. The normalized spacial score (nSPS) is 29.5. The standard InChI is InChI=1S/C22H24N2O5S/c25-21(14-28-18-9-5-2-6-10-18)23-13-19-11-20-22(15-23,29-19)16-24(30(20,26)27)12-17-7-3-1-4-8-17/h1-10,19-20H,11-16H2/t19-,20+,22+/m1/s1. The highest BCUT2D eigenvalue weighted by atomic mass is 32.2. The molecular formula is C22H24N2O5S. The van der Waals surface area contributed by atoms with E-state index in [0.717, 1.165) is 5.56 Å². The van der Waals surface area contributed by atoms with Crippen LogP contribution >= 0.6 is 0 Å². The maximum atomic E-state index is 13.2. The van der Waals surface area contributed by atoms with E-state index in [0.29, 0.717) is 25.3 Å². The molecule has 3 saturated heterocycles. The molecule has 3 fully saturated rings. The third-order valence-electron chi connectivity index (χ3n) is 6.17. The average Bonchev–Trinajstić information content (AvgIpc) is 3.12. The van der Waals surface area contributed by atoms with Crippen molar-refractivity contribution in [1.82, 2.24) is 9.21 Å². The second kappa shape index (κ2) is 7.37. The van der Waals surface area contributed by atoms with Crippen LogP contribution < -0.4 is 4.74 Å². The molecule has 3 aliphatic heterocycles. The van der Waals surface area contributed by atoms with E-state index in [4.69, 9.17) is 9.47 Å². The molecule has 3 atom stereocenters. The molecule has 7 nitrogen and oxygen atoms in total. The largest absolute Gasteiger partial charge is 0.484 e. The number of para-hydroxylation sites is 1. The van der Waals surface area contributed by atoms with Gasteiger partial charge in [0.25, 0.3) is 5.91 Å². The molecule has 3 aliphatic rings. The predicted octanol–water partition coefficient (Wildman–Crippen LogP) is 1.65. The van der Waals surface area contributed by atoms with Crippen LogP contribution in [0.25, 0.3) is 0 Å². The van der Waals surface area contributed by atoms with Crippen molar-refractivity contribution in [3.63, 3.8) is 0 Å². The lowest BCUT2D eigenvalue weighted by Crippen LogP contribution is -2.57. The van der Waals surface area contributed by atoms with Gasteiger partial charge in [0.1, 0.15) is 16.6 Å². The van der Waals surface area contributed by atoms with Crippen LogP contribution in [0, 0.1) is 0 Å². The van der Waals surface area contributed by atoms with Gasteiger partial charge in [-0.15, -0.1) is 0 Å². The number of sulfonamides is 1. The third-order valence-corrected chi connectivity index (χ3v) is 8.49. The summed E-state index contributed by atoms with van der Waals surface area (Å²) in [5.74, 6) is 0.488. The van der Waals surface area contributed by atoms with Crippen LogP contribution in [-0.4, -0.2) is 66.7 Å². The van der Waals surface area contributed by atoms with Crippen molar-refractivity contribution in [2.24, 2.45) is 0 Å². The van der Waals surface area contributed by atoms with E-state index in [-0.39, 0.29) is 31.7 Å². The second-order valence-electron chi connectivity index (χ2n) is 8.20. The fourth-order valence-electron chi connectivity index (χ4n) is 4.82. The van der Waals surface area contributed by atoms with E-state index in [1.807, 2.05) is 48.5 Å². The summed E-state index contributed by atoms with van der Waals surface area (Å²) in [7, 11) is -3.49. The van der Waals surface area contributed by atoms with Gasteiger partial charge in [0.15, 0.2) is 6.61 Å². The predicted molar refractivity (Wildman–Crippen MR) is 110 cm³/mol. The lowest BCUT2D eigenvalue weighted by Gasteiger charge is -2.39. The molecule has 30 heavy (non-hydrogen) atoms. The Labute approximate surface area is 176 Å². The average molecular weight is 429 g/mol. The van der Waals surface area contributed by atoms with Gasteiger partial charge in [-0.05, 0) is 24.1 Å². The Morgan fingerprint density at radius 3 is 2.50 bits per heavy atom. The van der Waals surface area contributed by atoms with E-state index in [1.165, 1.54) is 4.31 Å². The molecule has 2 aromatic carbocycles.